The van der Waals surface area contributed by atoms with Crippen LogP contribution in [0, 0.1) is 18.6 Å². The lowest BCUT2D eigenvalue weighted by molar-refractivity contribution is 0.177. The first kappa shape index (κ1) is 13.6. The normalized spacial score (nSPS) is 12.7. The van der Waals surface area contributed by atoms with Gasteiger partial charge in [-0.3, -0.25) is 0 Å². The van der Waals surface area contributed by atoms with Crippen LogP contribution in [0.4, 0.5) is 8.78 Å². The van der Waals surface area contributed by atoms with Crippen LogP contribution in [0.1, 0.15) is 17.4 Å². The van der Waals surface area contributed by atoms with Crippen LogP contribution >= 0.6 is 0 Å². The Bertz CT molecular complexity index is 586. The van der Waals surface area contributed by atoms with Crippen LogP contribution in [0.2, 0.25) is 0 Å². The molecule has 2 N–H and O–H groups in total. The fourth-order valence-electron chi connectivity index (χ4n) is 1.57. The molecule has 1 atom stereocenters. The molecule has 0 bridgehead atoms. The fourth-order valence-corrected chi connectivity index (χ4v) is 1.57. The van der Waals surface area contributed by atoms with Crippen LogP contribution in [0.5, 0.6) is 0 Å². The number of aryl methyl sites for hydroxylation is 1. The van der Waals surface area contributed by atoms with Crippen LogP contribution in [0.25, 0.3) is 11.5 Å². The van der Waals surface area contributed by atoms with Gasteiger partial charge in [-0.1, -0.05) is 5.16 Å². The number of hydrogen-bond acceptors (Lipinski definition) is 5. The van der Waals surface area contributed by atoms with Crippen molar-refractivity contribution in [3.63, 3.8) is 0 Å². The highest BCUT2D eigenvalue weighted by Crippen LogP contribution is 2.24. The van der Waals surface area contributed by atoms with E-state index in [1.807, 2.05) is 0 Å². The van der Waals surface area contributed by atoms with Gasteiger partial charge in [-0.05, 0) is 18.6 Å². The van der Waals surface area contributed by atoms with E-state index in [4.69, 9.17) is 15.0 Å². The van der Waals surface area contributed by atoms with Crippen molar-refractivity contribution < 1.29 is 18.0 Å². The molecule has 0 saturated heterocycles. The second-order valence-electron chi connectivity index (χ2n) is 4.10. The molecular formula is C12H13F2N3O2. The summed E-state index contributed by atoms with van der Waals surface area (Å²) in [4.78, 5) is 3.99. The maximum absolute atomic E-state index is 13.7. The van der Waals surface area contributed by atoms with Crippen molar-refractivity contribution in [2.45, 2.75) is 13.0 Å². The molecule has 1 aromatic heterocycles. The molecule has 0 aliphatic carbocycles. The molecule has 1 unspecified atom stereocenters. The molecule has 0 saturated carbocycles. The van der Waals surface area contributed by atoms with Gasteiger partial charge in [-0.2, -0.15) is 4.98 Å². The molecule has 0 fully saturated rings. The van der Waals surface area contributed by atoms with Crippen molar-refractivity contribution in [2.75, 3.05) is 13.7 Å². The first-order valence-corrected chi connectivity index (χ1v) is 5.57. The van der Waals surface area contributed by atoms with Crippen molar-refractivity contribution in [2.24, 2.45) is 5.73 Å². The Kier molecular flexibility index (Phi) is 3.87. The summed E-state index contributed by atoms with van der Waals surface area (Å²) in [6.07, 6.45) is 0. The molecule has 5 nitrogen and oxygen atoms in total. The molecule has 2 aromatic rings. The Labute approximate surface area is 108 Å². The number of nitrogens with zero attached hydrogens (tertiary/aromatic N) is 2. The second kappa shape index (κ2) is 5.41. The van der Waals surface area contributed by atoms with E-state index in [1.165, 1.54) is 20.1 Å². The standard InChI is InChI=1S/C12H13F2N3O2/c1-6-3-7(9(14)4-8(6)13)12-16-11(17-19-12)10(15)5-18-2/h3-4,10H,5,15H2,1-2H3. The summed E-state index contributed by atoms with van der Waals surface area (Å²) < 4.78 is 36.6. The summed E-state index contributed by atoms with van der Waals surface area (Å²) in [6, 6.07) is 1.53. The Morgan fingerprint density at radius 3 is 2.79 bits per heavy atom. The summed E-state index contributed by atoms with van der Waals surface area (Å²) in [6.45, 7) is 1.73. The van der Waals surface area contributed by atoms with E-state index in [1.54, 1.807) is 0 Å². The number of hydrogen-bond donors (Lipinski definition) is 1. The molecule has 2 rings (SSSR count). The predicted molar refractivity (Wildman–Crippen MR) is 63.2 cm³/mol. The molecule has 0 aliphatic heterocycles. The lowest BCUT2D eigenvalue weighted by Gasteiger charge is -2.03. The number of benzene rings is 1. The number of halogens is 2. The predicted octanol–water partition coefficient (Wildman–Crippen LogP) is 1.97. The summed E-state index contributed by atoms with van der Waals surface area (Å²) in [5, 5.41) is 3.65. The quantitative estimate of drug-likeness (QED) is 0.918. The van der Waals surface area contributed by atoms with E-state index in [0.29, 0.717) is 0 Å². The molecule has 7 heteroatoms. The number of nitrogens with two attached hydrogens (primary N) is 1. The largest absolute Gasteiger partial charge is 0.383 e. The lowest BCUT2D eigenvalue weighted by Crippen LogP contribution is -2.17. The first-order chi connectivity index (χ1) is 9.02. The minimum Gasteiger partial charge on any atom is -0.383 e. The van der Waals surface area contributed by atoms with Gasteiger partial charge in [0.2, 0.25) is 0 Å². The maximum atomic E-state index is 13.7. The van der Waals surface area contributed by atoms with E-state index < -0.39 is 17.7 Å². The Hall–Kier alpha value is -1.86. The van der Waals surface area contributed by atoms with Gasteiger partial charge in [0.25, 0.3) is 5.89 Å². The zero-order valence-electron chi connectivity index (χ0n) is 10.5. The number of methoxy groups -OCH3 is 1. The van der Waals surface area contributed by atoms with Gasteiger partial charge < -0.3 is 15.0 Å². The number of aromatic nitrogens is 2. The average Bonchev–Trinajstić information content (AvgIpc) is 2.83. The Morgan fingerprint density at radius 2 is 2.11 bits per heavy atom. The summed E-state index contributed by atoms with van der Waals surface area (Å²) in [7, 11) is 1.49. The molecule has 1 aromatic carbocycles. The minimum atomic E-state index is -0.765. The van der Waals surface area contributed by atoms with E-state index in [2.05, 4.69) is 10.1 Å². The van der Waals surface area contributed by atoms with E-state index in [-0.39, 0.29) is 29.4 Å². The third-order valence-corrected chi connectivity index (χ3v) is 2.60. The van der Waals surface area contributed by atoms with Gasteiger partial charge in [0, 0.05) is 13.2 Å². The van der Waals surface area contributed by atoms with E-state index in [0.717, 1.165) is 6.07 Å². The molecular weight excluding hydrogens is 256 g/mol. The van der Waals surface area contributed by atoms with Crippen molar-refractivity contribution in [3.8, 4) is 11.5 Å². The zero-order chi connectivity index (χ0) is 14.0. The summed E-state index contributed by atoms with van der Waals surface area (Å²) in [5.41, 5.74) is 6.06. The molecule has 0 amide bonds. The third kappa shape index (κ3) is 2.77. The van der Waals surface area contributed by atoms with Crippen LogP contribution in [-0.2, 0) is 4.74 Å². The number of rotatable bonds is 4. The molecule has 102 valence electrons. The zero-order valence-corrected chi connectivity index (χ0v) is 10.5. The van der Waals surface area contributed by atoms with Gasteiger partial charge >= 0.3 is 0 Å². The van der Waals surface area contributed by atoms with Gasteiger partial charge in [0.05, 0.1) is 18.2 Å². The van der Waals surface area contributed by atoms with E-state index in [9.17, 15) is 8.78 Å². The van der Waals surface area contributed by atoms with Crippen LogP contribution < -0.4 is 5.73 Å². The van der Waals surface area contributed by atoms with Crippen molar-refractivity contribution in [3.05, 3.63) is 35.2 Å². The summed E-state index contributed by atoms with van der Waals surface area (Å²) in [5.74, 6) is -1.23. The topological polar surface area (TPSA) is 74.2 Å². The first-order valence-electron chi connectivity index (χ1n) is 5.57. The highest BCUT2D eigenvalue weighted by molar-refractivity contribution is 5.55. The molecule has 0 aliphatic rings. The highest BCUT2D eigenvalue weighted by Gasteiger charge is 2.18. The van der Waals surface area contributed by atoms with Gasteiger partial charge in [-0.15, -0.1) is 0 Å². The monoisotopic (exact) mass is 269 g/mol. The van der Waals surface area contributed by atoms with Crippen molar-refractivity contribution in [1.82, 2.24) is 10.1 Å². The molecule has 0 radical (unpaired) electrons. The number of ether oxygens (including phenoxy) is 1. The minimum absolute atomic E-state index is 0.0397. The maximum Gasteiger partial charge on any atom is 0.260 e. The van der Waals surface area contributed by atoms with Crippen LogP contribution in [0.15, 0.2) is 16.7 Å². The van der Waals surface area contributed by atoms with Crippen LogP contribution in [-0.4, -0.2) is 23.9 Å². The van der Waals surface area contributed by atoms with Gasteiger partial charge in [0.15, 0.2) is 5.82 Å². The smallest absolute Gasteiger partial charge is 0.260 e. The fraction of sp³-hybridized carbons (Fsp3) is 0.333. The molecule has 1 heterocycles. The third-order valence-electron chi connectivity index (χ3n) is 2.60. The molecule has 0 spiro atoms. The van der Waals surface area contributed by atoms with Gasteiger partial charge in [-0.25, -0.2) is 8.78 Å². The van der Waals surface area contributed by atoms with Crippen molar-refractivity contribution in [1.29, 1.82) is 0 Å². The van der Waals surface area contributed by atoms with Crippen LogP contribution in [0.3, 0.4) is 0 Å². The summed E-state index contributed by atoms with van der Waals surface area (Å²) >= 11 is 0. The SMILES string of the molecule is COCC(N)c1noc(-c2cc(C)c(F)cc2F)n1. The van der Waals surface area contributed by atoms with E-state index >= 15 is 0 Å². The lowest BCUT2D eigenvalue weighted by atomic mass is 10.1. The highest BCUT2D eigenvalue weighted by atomic mass is 19.1. The Balaban J connectivity index is 2.35. The van der Waals surface area contributed by atoms with Gasteiger partial charge in [0.1, 0.15) is 11.6 Å². The average molecular weight is 269 g/mol. The molecule has 19 heavy (non-hydrogen) atoms. The Morgan fingerprint density at radius 1 is 1.37 bits per heavy atom. The van der Waals surface area contributed by atoms with Crippen molar-refractivity contribution >= 4 is 0 Å². The second-order valence-corrected chi connectivity index (χ2v) is 4.10.